The number of nitrogens with zero attached hydrogens (tertiary/aromatic N) is 4. The van der Waals surface area contributed by atoms with Crippen molar-refractivity contribution in [3.05, 3.63) is 60.2 Å². The first-order valence-corrected chi connectivity index (χ1v) is 10.4. The highest BCUT2D eigenvalue weighted by Crippen LogP contribution is 2.25. The van der Waals surface area contributed by atoms with Crippen LogP contribution in [0.5, 0.6) is 5.75 Å². The molecule has 9 heteroatoms. The molecule has 1 N–H and O–H groups in total. The summed E-state index contributed by atoms with van der Waals surface area (Å²) in [5.41, 5.74) is 3.52. The molecule has 0 bridgehead atoms. The van der Waals surface area contributed by atoms with Crippen molar-refractivity contribution in [3.8, 4) is 17.1 Å². The Morgan fingerprint density at radius 2 is 2.06 bits per heavy atom. The molecule has 1 aliphatic carbocycles. The lowest BCUT2D eigenvalue weighted by Gasteiger charge is -2.10. The first kappa shape index (κ1) is 21.5. The third kappa shape index (κ3) is 5.11. The zero-order valence-corrected chi connectivity index (χ0v) is 18.1. The van der Waals surface area contributed by atoms with Crippen LogP contribution in [0.25, 0.3) is 16.9 Å². The van der Waals surface area contributed by atoms with Gasteiger partial charge in [0, 0.05) is 11.3 Å². The summed E-state index contributed by atoms with van der Waals surface area (Å²) in [6, 6.07) is 9.24. The zero-order valence-electron chi connectivity index (χ0n) is 18.1. The fourth-order valence-corrected chi connectivity index (χ4v) is 2.93. The minimum Gasteiger partial charge on any atom is -0.489 e. The van der Waals surface area contributed by atoms with Crippen LogP contribution in [-0.2, 0) is 0 Å². The van der Waals surface area contributed by atoms with Crippen LogP contribution in [0.3, 0.4) is 0 Å². The van der Waals surface area contributed by atoms with Gasteiger partial charge < -0.3 is 14.6 Å². The van der Waals surface area contributed by atoms with Crippen molar-refractivity contribution in [1.29, 1.82) is 0 Å². The standard InChI is InChI=1S/C20H19N5O3.C3H5F/c1-12(2)28-15-6-7-18-16(9-22-25(18)10-15)20(26)23-17-8-14(5-4-13(17)3)19-21-11-27-24-19;4-3-1-2-3/h4-12H,1-3H3,(H,23,26);3H,1-2H2. The van der Waals surface area contributed by atoms with Gasteiger partial charge in [0.2, 0.25) is 12.2 Å². The molecule has 32 heavy (non-hydrogen) atoms. The molecule has 166 valence electrons. The molecule has 0 aliphatic heterocycles. The number of benzene rings is 1. The van der Waals surface area contributed by atoms with E-state index in [4.69, 9.17) is 9.26 Å². The molecule has 1 aromatic carbocycles. The summed E-state index contributed by atoms with van der Waals surface area (Å²) in [5, 5.41) is 11.0. The number of nitrogens with one attached hydrogen (secondary N) is 1. The fraction of sp³-hybridized carbons (Fsp3) is 0.304. The molecule has 8 nitrogen and oxygen atoms in total. The third-order valence-electron chi connectivity index (χ3n) is 4.72. The van der Waals surface area contributed by atoms with Crippen molar-refractivity contribution in [2.24, 2.45) is 0 Å². The molecule has 0 atom stereocenters. The number of aromatic nitrogens is 4. The van der Waals surface area contributed by atoms with Crippen LogP contribution in [-0.4, -0.2) is 37.9 Å². The van der Waals surface area contributed by atoms with Crippen molar-refractivity contribution in [1.82, 2.24) is 19.8 Å². The summed E-state index contributed by atoms with van der Waals surface area (Å²) in [7, 11) is 0. The summed E-state index contributed by atoms with van der Waals surface area (Å²) in [6.45, 7) is 5.83. The van der Waals surface area contributed by atoms with E-state index in [0.717, 1.165) is 24.0 Å². The van der Waals surface area contributed by atoms with E-state index in [1.165, 1.54) is 6.39 Å². The third-order valence-corrected chi connectivity index (χ3v) is 4.72. The monoisotopic (exact) mass is 437 g/mol. The molecule has 0 spiro atoms. The van der Waals surface area contributed by atoms with Gasteiger partial charge in [-0.05, 0) is 57.4 Å². The quantitative estimate of drug-likeness (QED) is 0.480. The molecular weight excluding hydrogens is 413 g/mol. The van der Waals surface area contributed by atoms with Crippen molar-refractivity contribution < 1.29 is 18.4 Å². The predicted octanol–water partition coefficient (Wildman–Crippen LogP) is 4.85. The zero-order chi connectivity index (χ0) is 22.7. The molecule has 0 saturated heterocycles. The van der Waals surface area contributed by atoms with Crippen LogP contribution in [0.4, 0.5) is 10.1 Å². The normalized spacial score (nSPS) is 13.0. The van der Waals surface area contributed by atoms with Gasteiger partial charge in [-0.2, -0.15) is 10.1 Å². The van der Waals surface area contributed by atoms with Crippen molar-refractivity contribution >= 4 is 17.1 Å². The summed E-state index contributed by atoms with van der Waals surface area (Å²) in [6.07, 6.45) is 5.85. The number of anilines is 1. The summed E-state index contributed by atoms with van der Waals surface area (Å²) < 4.78 is 23.2. The lowest BCUT2D eigenvalue weighted by Crippen LogP contribution is -2.12. The molecule has 1 fully saturated rings. The van der Waals surface area contributed by atoms with Crippen LogP contribution in [0.1, 0.15) is 42.6 Å². The van der Waals surface area contributed by atoms with E-state index in [0.29, 0.717) is 28.3 Å². The lowest BCUT2D eigenvalue weighted by molar-refractivity contribution is 0.102. The Kier molecular flexibility index (Phi) is 6.16. The maximum absolute atomic E-state index is 12.9. The number of halogens is 1. The number of amides is 1. The van der Waals surface area contributed by atoms with Crippen LogP contribution in [0, 0.1) is 6.92 Å². The highest BCUT2D eigenvalue weighted by atomic mass is 19.1. The smallest absolute Gasteiger partial charge is 0.259 e. The number of carbonyl (C=O) groups excluding carboxylic acids is 1. The molecule has 3 aromatic heterocycles. The van der Waals surface area contributed by atoms with Gasteiger partial charge in [-0.25, -0.2) is 8.91 Å². The first-order valence-electron chi connectivity index (χ1n) is 10.4. The number of ether oxygens (including phenoxy) is 1. The summed E-state index contributed by atoms with van der Waals surface area (Å²) in [4.78, 5) is 16.9. The molecule has 1 aliphatic rings. The second-order valence-electron chi connectivity index (χ2n) is 7.83. The van der Waals surface area contributed by atoms with Crippen LogP contribution < -0.4 is 10.1 Å². The van der Waals surface area contributed by atoms with Gasteiger partial charge in [-0.1, -0.05) is 17.3 Å². The highest BCUT2D eigenvalue weighted by Gasteiger charge is 2.18. The molecule has 5 rings (SSSR count). The largest absolute Gasteiger partial charge is 0.489 e. The minimum absolute atomic E-state index is 0.0604. The van der Waals surface area contributed by atoms with Crippen LogP contribution in [0.2, 0.25) is 0 Å². The van der Waals surface area contributed by atoms with Gasteiger partial charge in [0.05, 0.1) is 29.6 Å². The SMILES string of the molecule is Cc1ccc(-c2ncon2)cc1NC(=O)c1cnn2cc(OC(C)C)ccc12.FC1CC1. The number of hydrogen-bond donors (Lipinski definition) is 1. The molecule has 1 saturated carbocycles. The van der Waals surface area contributed by atoms with Crippen molar-refractivity contribution in [2.75, 3.05) is 5.32 Å². The molecule has 0 unspecified atom stereocenters. The van der Waals surface area contributed by atoms with E-state index in [-0.39, 0.29) is 12.0 Å². The molecule has 3 heterocycles. The number of aryl methyl sites for hydroxylation is 1. The highest BCUT2D eigenvalue weighted by molar-refractivity contribution is 6.09. The van der Waals surface area contributed by atoms with Gasteiger partial charge in [-0.15, -0.1) is 0 Å². The van der Waals surface area contributed by atoms with Gasteiger partial charge in [-0.3, -0.25) is 4.79 Å². The molecule has 0 radical (unpaired) electrons. The second-order valence-corrected chi connectivity index (χ2v) is 7.83. The van der Waals surface area contributed by atoms with E-state index in [2.05, 4.69) is 20.6 Å². The van der Waals surface area contributed by atoms with Crippen molar-refractivity contribution in [3.63, 3.8) is 0 Å². The van der Waals surface area contributed by atoms with E-state index < -0.39 is 6.17 Å². The number of alkyl halides is 1. The first-order chi connectivity index (χ1) is 15.4. The number of fused-ring (bicyclic) bond motifs is 1. The predicted molar refractivity (Wildman–Crippen MR) is 118 cm³/mol. The summed E-state index contributed by atoms with van der Waals surface area (Å²) >= 11 is 0. The van der Waals surface area contributed by atoms with E-state index in [1.54, 1.807) is 16.9 Å². The maximum atomic E-state index is 12.9. The molecular formula is C23H24FN5O3. The van der Waals surface area contributed by atoms with Crippen molar-refractivity contribution in [2.45, 2.75) is 45.9 Å². The van der Waals surface area contributed by atoms with Gasteiger partial charge in [0.15, 0.2) is 0 Å². The Hall–Kier alpha value is -3.75. The topological polar surface area (TPSA) is 94.6 Å². The van der Waals surface area contributed by atoms with Gasteiger partial charge >= 0.3 is 0 Å². The minimum atomic E-state index is -0.417. The Morgan fingerprint density at radius 1 is 1.28 bits per heavy atom. The number of carbonyl (C=O) groups is 1. The Bertz CT molecular complexity index is 1220. The Labute approximate surface area is 184 Å². The van der Waals surface area contributed by atoms with E-state index in [9.17, 15) is 9.18 Å². The Morgan fingerprint density at radius 3 is 2.72 bits per heavy atom. The van der Waals surface area contributed by atoms with Crippen LogP contribution >= 0.6 is 0 Å². The second kappa shape index (κ2) is 9.17. The van der Waals surface area contributed by atoms with Crippen LogP contribution in [0.15, 0.2) is 53.6 Å². The van der Waals surface area contributed by atoms with E-state index in [1.807, 2.05) is 51.1 Å². The maximum Gasteiger partial charge on any atom is 0.259 e. The van der Waals surface area contributed by atoms with E-state index >= 15 is 0 Å². The van der Waals surface area contributed by atoms with Gasteiger partial charge in [0.25, 0.3) is 5.91 Å². The molecule has 1 amide bonds. The van der Waals surface area contributed by atoms with Gasteiger partial charge in [0.1, 0.15) is 11.9 Å². The average Bonchev–Trinajstić information content (AvgIpc) is 3.20. The number of rotatable bonds is 5. The average molecular weight is 437 g/mol. The number of hydrogen-bond acceptors (Lipinski definition) is 6. The number of pyridine rings is 1. The summed E-state index contributed by atoms with van der Waals surface area (Å²) in [5.74, 6) is 0.909. The fourth-order valence-electron chi connectivity index (χ4n) is 2.93. The Balaban J connectivity index is 0.000000552. The molecule has 4 aromatic rings. The lowest BCUT2D eigenvalue weighted by atomic mass is 10.1.